The maximum atomic E-state index is 15.0. The molecule has 2 saturated heterocycles. The van der Waals surface area contributed by atoms with E-state index in [1.165, 1.54) is 4.90 Å². The van der Waals surface area contributed by atoms with Gasteiger partial charge in [-0.1, -0.05) is 0 Å². The molecule has 0 aromatic rings. The molecule has 1 atom stereocenters. The molecule has 2 rings (SSSR count). The number of hydrogen-bond donors (Lipinski definition) is 0. The minimum Gasteiger partial charge on any atom is -0.444 e. The molecule has 0 aliphatic carbocycles. The molecule has 2 fully saturated rings. The highest BCUT2D eigenvalue weighted by molar-refractivity contribution is 6.18. The molecule has 0 aromatic heterocycles. The van der Waals surface area contributed by atoms with Crippen LogP contribution in [0.25, 0.3) is 0 Å². The molecule has 0 bridgehead atoms. The van der Waals surface area contributed by atoms with Crippen LogP contribution >= 0.6 is 11.6 Å². The second-order valence-electron chi connectivity index (χ2n) is 7.62. The molecular weight excluding hydrogens is 323 g/mol. The lowest BCUT2D eigenvalue weighted by Crippen LogP contribution is -2.50. The van der Waals surface area contributed by atoms with Crippen molar-refractivity contribution in [2.24, 2.45) is 5.92 Å². The van der Waals surface area contributed by atoms with Crippen molar-refractivity contribution in [1.82, 2.24) is 9.80 Å². The molecule has 0 saturated carbocycles. The van der Waals surface area contributed by atoms with E-state index in [1.807, 2.05) is 0 Å². The van der Waals surface area contributed by atoms with Crippen molar-refractivity contribution < 1.29 is 18.7 Å². The summed E-state index contributed by atoms with van der Waals surface area (Å²) in [5.74, 6) is 0.519. The highest BCUT2D eigenvalue weighted by atomic mass is 35.5. The number of halogens is 2. The summed E-state index contributed by atoms with van der Waals surface area (Å²) in [5, 5.41) is 0. The molecule has 2 heterocycles. The molecule has 23 heavy (non-hydrogen) atoms. The Morgan fingerprint density at radius 2 is 2.00 bits per heavy atom. The number of nitrogens with zero attached hydrogens (tertiary/aromatic N) is 2. The lowest BCUT2D eigenvalue weighted by Gasteiger charge is -2.38. The molecule has 0 aromatic carbocycles. The minimum atomic E-state index is -1.44. The third-order valence-electron chi connectivity index (χ3n) is 4.30. The van der Waals surface area contributed by atoms with Gasteiger partial charge in [-0.25, -0.2) is 9.18 Å². The third kappa shape index (κ3) is 4.96. The van der Waals surface area contributed by atoms with Crippen LogP contribution in [0.5, 0.6) is 0 Å². The summed E-state index contributed by atoms with van der Waals surface area (Å²) in [5.41, 5.74) is -1.99. The molecule has 1 unspecified atom stereocenters. The standard InChI is InChI=1S/C16H26ClFN2O3/c1-15(2,3)23-14(22)19-6-4-16(18,5-7-19)11-20-10-12(9-17)8-13(20)21/h12H,4-11H2,1-3H3. The number of piperidine rings is 1. The summed E-state index contributed by atoms with van der Waals surface area (Å²) in [6, 6.07) is 0. The molecule has 132 valence electrons. The summed E-state index contributed by atoms with van der Waals surface area (Å²) >= 11 is 5.79. The van der Waals surface area contributed by atoms with E-state index in [0.29, 0.717) is 31.9 Å². The van der Waals surface area contributed by atoms with E-state index in [2.05, 4.69) is 0 Å². The topological polar surface area (TPSA) is 49.9 Å². The van der Waals surface area contributed by atoms with E-state index in [4.69, 9.17) is 16.3 Å². The van der Waals surface area contributed by atoms with Gasteiger partial charge in [0.05, 0.1) is 6.54 Å². The summed E-state index contributed by atoms with van der Waals surface area (Å²) < 4.78 is 20.3. The number of ether oxygens (including phenoxy) is 1. The van der Waals surface area contributed by atoms with Crippen molar-refractivity contribution in [1.29, 1.82) is 0 Å². The van der Waals surface area contributed by atoms with E-state index in [0.717, 1.165) is 0 Å². The van der Waals surface area contributed by atoms with Gasteiger partial charge in [0.25, 0.3) is 0 Å². The second kappa shape index (κ2) is 6.83. The highest BCUT2D eigenvalue weighted by Gasteiger charge is 2.41. The van der Waals surface area contributed by atoms with Crippen molar-refractivity contribution in [3.05, 3.63) is 0 Å². The largest absolute Gasteiger partial charge is 0.444 e. The maximum absolute atomic E-state index is 15.0. The first-order valence-electron chi connectivity index (χ1n) is 8.12. The number of rotatable bonds is 3. The Balaban J connectivity index is 1.85. The van der Waals surface area contributed by atoms with Crippen molar-refractivity contribution in [2.75, 3.05) is 32.1 Å². The van der Waals surface area contributed by atoms with Crippen LogP contribution in [-0.2, 0) is 9.53 Å². The van der Waals surface area contributed by atoms with Crippen LogP contribution in [0.4, 0.5) is 9.18 Å². The van der Waals surface area contributed by atoms with Crippen LogP contribution in [0, 0.1) is 5.92 Å². The van der Waals surface area contributed by atoms with Crippen molar-refractivity contribution in [3.8, 4) is 0 Å². The first-order valence-corrected chi connectivity index (χ1v) is 8.66. The lowest BCUT2D eigenvalue weighted by molar-refractivity contribution is -0.130. The van der Waals surface area contributed by atoms with Gasteiger partial charge in [-0.05, 0) is 26.7 Å². The van der Waals surface area contributed by atoms with Gasteiger partial charge in [0.1, 0.15) is 11.3 Å². The molecule has 0 N–H and O–H groups in total. The maximum Gasteiger partial charge on any atom is 0.410 e. The molecule has 2 aliphatic rings. The van der Waals surface area contributed by atoms with Gasteiger partial charge in [0.2, 0.25) is 5.91 Å². The van der Waals surface area contributed by atoms with Crippen molar-refractivity contribution in [3.63, 3.8) is 0 Å². The fourth-order valence-electron chi connectivity index (χ4n) is 3.03. The Morgan fingerprint density at radius 3 is 2.48 bits per heavy atom. The van der Waals surface area contributed by atoms with E-state index in [9.17, 15) is 14.0 Å². The highest BCUT2D eigenvalue weighted by Crippen LogP contribution is 2.31. The van der Waals surface area contributed by atoms with Crippen LogP contribution in [-0.4, -0.2) is 65.1 Å². The van der Waals surface area contributed by atoms with Crippen molar-refractivity contribution in [2.45, 2.75) is 51.3 Å². The molecular formula is C16H26ClFN2O3. The summed E-state index contributed by atoms with van der Waals surface area (Å²) in [7, 11) is 0. The molecule has 2 amide bonds. The van der Waals surface area contributed by atoms with E-state index < -0.39 is 17.4 Å². The molecule has 0 radical (unpaired) electrons. The quantitative estimate of drug-likeness (QED) is 0.737. The van der Waals surface area contributed by atoms with Crippen molar-refractivity contribution >= 4 is 23.6 Å². The first kappa shape index (κ1) is 18.3. The predicted molar refractivity (Wildman–Crippen MR) is 86.3 cm³/mol. The number of hydrogen-bond acceptors (Lipinski definition) is 3. The summed E-state index contributed by atoms with van der Waals surface area (Å²) in [6.45, 7) is 6.67. The van der Waals surface area contributed by atoms with Gasteiger partial charge < -0.3 is 14.5 Å². The van der Waals surface area contributed by atoms with Gasteiger partial charge in [-0.2, -0.15) is 0 Å². The Morgan fingerprint density at radius 1 is 1.39 bits per heavy atom. The summed E-state index contributed by atoms with van der Waals surface area (Å²) in [6.07, 6.45) is 0.450. The molecule has 2 aliphatic heterocycles. The van der Waals surface area contributed by atoms with Crippen LogP contribution in [0.2, 0.25) is 0 Å². The predicted octanol–water partition coefficient (Wildman–Crippen LogP) is 2.81. The monoisotopic (exact) mass is 348 g/mol. The molecule has 5 nitrogen and oxygen atoms in total. The molecule has 0 spiro atoms. The fourth-order valence-corrected chi connectivity index (χ4v) is 3.23. The average molecular weight is 349 g/mol. The van der Waals surface area contributed by atoms with Gasteiger partial charge in [0, 0.05) is 44.8 Å². The van der Waals surface area contributed by atoms with Crippen LogP contribution in [0.1, 0.15) is 40.0 Å². The van der Waals surface area contributed by atoms with Gasteiger partial charge in [-0.15, -0.1) is 11.6 Å². The average Bonchev–Trinajstić information content (AvgIpc) is 2.77. The van der Waals surface area contributed by atoms with Gasteiger partial charge >= 0.3 is 6.09 Å². The zero-order valence-electron chi connectivity index (χ0n) is 14.1. The van der Waals surface area contributed by atoms with Crippen LogP contribution < -0.4 is 0 Å². The Hall–Kier alpha value is -1.04. The Labute approximate surface area is 142 Å². The van der Waals surface area contributed by atoms with E-state index in [-0.39, 0.29) is 31.2 Å². The second-order valence-corrected chi connectivity index (χ2v) is 7.93. The Bertz CT molecular complexity index is 459. The fraction of sp³-hybridized carbons (Fsp3) is 0.875. The lowest BCUT2D eigenvalue weighted by atomic mass is 9.93. The Kier molecular flexibility index (Phi) is 5.44. The number of carbonyl (C=O) groups excluding carboxylic acids is 2. The van der Waals surface area contributed by atoms with E-state index >= 15 is 0 Å². The number of carbonyl (C=O) groups is 2. The van der Waals surface area contributed by atoms with Gasteiger partial charge in [0.15, 0.2) is 0 Å². The number of likely N-dealkylation sites (tertiary alicyclic amines) is 2. The van der Waals surface area contributed by atoms with E-state index in [1.54, 1.807) is 25.7 Å². The SMILES string of the molecule is CC(C)(C)OC(=O)N1CCC(F)(CN2CC(CCl)CC2=O)CC1. The normalized spacial score (nSPS) is 24.9. The zero-order valence-corrected chi connectivity index (χ0v) is 14.9. The summed E-state index contributed by atoms with van der Waals surface area (Å²) in [4.78, 5) is 27.0. The minimum absolute atomic E-state index is 0.0257. The zero-order chi connectivity index (χ0) is 17.3. The number of amides is 2. The molecule has 7 heteroatoms. The van der Waals surface area contributed by atoms with Crippen LogP contribution in [0.15, 0.2) is 0 Å². The number of alkyl halides is 2. The third-order valence-corrected chi connectivity index (χ3v) is 4.73. The smallest absolute Gasteiger partial charge is 0.410 e. The van der Waals surface area contributed by atoms with Gasteiger partial charge in [-0.3, -0.25) is 4.79 Å². The first-order chi connectivity index (χ1) is 10.6. The van der Waals surface area contributed by atoms with Crippen LogP contribution in [0.3, 0.4) is 0 Å².